The molecule has 1 amide bonds. The number of methoxy groups -OCH3 is 1. The number of carbonyl (C=O) groups excluding carboxylic acids is 1. The highest BCUT2D eigenvalue weighted by Crippen LogP contribution is 2.33. The predicted molar refractivity (Wildman–Crippen MR) is 97.6 cm³/mol. The van der Waals surface area contributed by atoms with Crippen molar-refractivity contribution >= 4 is 46.4 Å². The van der Waals surface area contributed by atoms with Crippen LogP contribution in [-0.4, -0.2) is 26.2 Å². The summed E-state index contributed by atoms with van der Waals surface area (Å²) >= 11 is 18.3. The van der Waals surface area contributed by atoms with E-state index in [0.717, 1.165) is 0 Å². The van der Waals surface area contributed by atoms with E-state index in [1.165, 1.54) is 0 Å². The van der Waals surface area contributed by atoms with Crippen molar-refractivity contribution in [2.75, 3.05) is 25.6 Å². The first-order chi connectivity index (χ1) is 11.5. The maximum atomic E-state index is 12.3. The maximum Gasteiger partial charge on any atom is 0.229 e. The van der Waals surface area contributed by atoms with Crippen molar-refractivity contribution < 1.29 is 14.3 Å². The van der Waals surface area contributed by atoms with Crippen LogP contribution in [-0.2, 0) is 16.0 Å². The normalized spacial score (nSPS) is 10.5. The van der Waals surface area contributed by atoms with Crippen molar-refractivity contribution in [3.63, 3.8) is 0 Å². The summed E-state index contributed by atoms with van der Waals surface area (Å²) in [5.74, 6) is 0.124. The zero-order chi connectivity index (χ0) is 17.5. The Hall–Kier alpha value is -1.46. The second-order valence-electron chi connectivity index (χ2n) is 4.88. The summed E-state index contributed by atoms with van der Waals surface area (Å²) in [6.45, 7) is 0.729. The third-order valence-corrected chi connectivity index (χ3v) is 4.18. The van der Waals surface area contributed by atoms with Crippen LogP contribution in [0.3, 0.4) is 0 Å². The van der Waals surface area contributed by atoms with E-state index >= 15 is 0 Å². The van der Waals surface area contributed by atoms with Crippen molar-refractivity contribution in [2.24, 2.45) is 0 Å². The molecule has 0 saturated heterocycles. The van der Waals surface area contributed by atoms with E-state index in [0.29, 0.717) is 45.3 Å². The van der Waals surface area contributed by atoms with E-state index < -0.39 is 0 Å². The van der Waals surface area contributed by atoms with Crippen LogP contribution >= 0.6 is 34.8 Å². The highest BCUT2D eigenvalue weighted by molar-refractivity contribution is 6.36. The fourth-order valence-electron chi connectivity index (χ4n) is 2.04. The summed E-state index contributed by atoms with van der Waals surface area (Å²) < 4.78 is 10.5. The molecule has 128 valence electrons. The van der Waals surface area contributed by atoms with Gasteiger partial charge in [-0.3, -0.25) is 4.79 Å². The first kappa shape index (κ1) is 18.9. The average Bonchev–Trinajstić information content (AvgIpc) is 2.54. The monoisotopic (exact) mass is 387 g/mol. The average molecular weight is 389 g/mol. The SMILES string of the molecule is COCCOc1c(Cl)cccc1NC(=O)Cc1c(Cl)cccc1Cl. The zero-order valence-electron chi connectivity index (χ0n) is 12.9. The van der Waals surface area contributed by atoms with Crippen LogP contribution in [0.15, 0.2) is 36.4 Å². The number of rotatable bonds is 7. The molecule has 0 radical (unpaired) electrons. The largest absolute Gasteiger partial charge is 0.487 e. The number of halogens is 3. The Bertz CT molecular complexity index is 702. The second kappa shape index (κ2) is 9.14. The molecule has 7 heteroatoms. The Kier molecular flexibility index (Phi) is 7.18. The maximum absolute atomic E-state index is 12.3. The smallest absolute Gasteiger partial charge is 0.229 e. The minimum Gasteiger partial charge on any atom is -0.487 e. The summed E-state index contributed by atoms with van der Waals surface area (Å²) in [5, 5.41) is 4.07. The first-order valence-corrected chi connectivity index (χ1v) is 8.29. The molecule has 0 aromatic heterocycles. The lowest BCUT2D eigenvalue weighted by molar-refractivity contribution is -0.115. The molecule has 4 nitrogen and oxygen atoms in total. The molecule has 0 bridgehead atoms. The van der Waals surface area contributed by atoms with E-state index in [1.807, 2.05) is 0 Å². The molecule has 2 aromatic rings. The molecule has 2 rings (SSSR count). The third kappa shape index (κ3) is 5.02. The van der Waals surface area contributed by atoms with E-state index in [1.54, 1.807) is 43.5 Å². The minimum atomic E-state index is -0.274. The highest BCUT2D eigenvalue weighted by Gasteiger charge is 2.14. The molecule has 24 heavy (non-hydrogen) atoms. The fraction of sp³-hybridized carbons (Fsp3) is 0.235. The molecule has 0 aliphatic carbocycles. The fourth-order valence-corrected chi connectivity index (χ4v) is 2.80. The number of benzene rings is 2. The lowest BCUT2D eigenvalue weighted by Crippen LogP contribution is -2.16. The number of nitrogens with one attached hydrogen (secondary N) is 1. The number of para-hydroxylation sites is 1. The van der Waals surface area contributed by atoms with Gasteiger partial charge in [0, 0.05) is 17.2 Å². The summed E-state index contributed by atoms with van der Waals surface area (Å²) in [4.78, 5) is 12.3. The molecule has 0 heterocycles. The molecule has 1 N–H and O–H groups in total. The molecule has 0 fully saturated rings. The lowest BCUT2D eigenvalue weighted by Gasteiger charge is -2.14. The van der Waals surface area contributed by atoms with Crippen LogP contribution in [0.4, 0.5) is 5.69 Å². The molecule has 2 aromatic carbocycles. The van der Waals surface area contributed by atoms with Crippen molar-refractivity contribution in [1.82, 2.24) is 0 Å². The van der Waals surface area contributed by atoms with Crippen molar-refractivity contribution in [3.8, 4) is 5.75 Å². The Balaban J connectivity index is 2.12. The topological polar surface area (TPSA) is 47.6 Å². The van der Waals surface area contributed by atoms with Gasteiger partial charge in [0.15, 0.2) is 5.75 Å². The summed E-state index contributed by atoms with van der Waals surface area (Å²) in [7, 11) is 1.58. The van der Waals surface area contributed by atoms with Crippen molar-refractivity contribution in [2.45, 2.75) is 6.42 Å². The molecular formula is C17H16Cl3NO3. The third-order valence-electron chi connectivity index (χ3n) is 3.17. The Morgan fingerprint density at radius 3 is 2.29 bits per heavy atom. The number of amides is 1. The van der Waals surface area contributed by atoms with Gasteiger partial charge in [-0.25, -0.2) is 0 Å². The van der Waals surface area contributed by atoms with Gasteiger partial charge in [0.25, 0.3) is 0 Å². The van der Waals surface area contributed by atoms with Gasteiger partial charge in [-0.15, -0.1) is 0 Å². The van der Waals surface area contributed by atoms with Gasteiger partial charge in [0.2, 0.25) is 5.91 Å². The van der Waals surface area contributed by atoms with Crippen molar-refractivity contribution in [3.05, 3.63) is 57.0 Å². The van der Waals surface area contributed by atoms with Crippen LogP contribution in [0, 0.1) is 0 Å². The van der Waals surface area contributed by atoms with Crippen LogP contribution in [0.25, 0.3) is 0 Å². The number of hydrogen-bond acceptors (Lipinski definition) is 3. The summed E-state index contributed by atoms with van der Waals surface area (Å²) in [6.07, 6.45) is 0.0442. The molecule has 0 unspecified atom stereocenters. The highest BCUT2D eigenvalue weighted by atomic mass is 35.5. The first-order valence-electron chi connectivity index (χ1n) is 7.16. The molecule has 0 spiro atoms. The lowest BCUT2D eigenvalue weighted by atomic mass is 10.1. The minimum absolute atomic E-state index is 0.0442. The predicted octanol–water partition coefficient (Wildman–Crippen LogP) is 4.85. The molecule has 0 aliphatic rings. The van der Waals surface area contributed by atoms with Crippen molar-refractivity contribution in [1.29, 1.82) is 0 Å². The summed E-state index contributed by atoms with van der Waals surface area (Å²) in [5.41, 5.74) is 1.05. The molecular weight excluding hydrogens is 373 g/mol. The van der Waals surface area contributed by atoms with Gasteiger partial charge < -0.3 is 14.8 Å². The van der Waals surface area contributed by atoms with E-state index in [9.17, 15) is 4.79 Å². The number of hydrogen-bond donors (Lipinski definition) is 1. The zero-order valence-corrected chi connectivity index (χ0v) is 15.2. The van der Waals surface area contributed by atoms with Gasteiger partial charge in [-0.05, 0) is 29.8 Å². The van der Waals surface area contributed by atoms with Gasteiger partial charge in [-0.2, -0.15) is 0 Å². The standard InChI is InChI=1S/C17H16Cl3NO3/c1-23-8-9-24-17-14(20)6-3-7-15(17)21-16(22)10-11-12(18)4-2-5-13(11)19/h2-7H,8-10H2,1H3,(H,21,22). The van der Waals surface area contributed by atoms with Crippen LogP contribution in [0.1, 0.15) is 5.56 Å². The van der Waals surface area contributed by atoms with Gasteiger partial charge in [0.1, 0.15) is 6.61 Å². The van der Waals surface area contributed by atoms with Gasteiger partial charge in [0.05, 0.1) is 23.7 Å². The Morgan fingerprint density at radius 1 is 1.00 bits per heavy atom. The van der Waals surface area contributed by atoms with E-state index in [4.69, 9.17) is 44.3 Å². The molecule has 0 saturated carbocycles. The summed E-state index contributed by atoms with van der Waals surface area (Å²) in [6, 6.07) is 10.2. The van der Waals surface area contributed by atoms with E-state index in [2.05, 4.69) is 5.32 Å². The number of anilines is 1. The van der Waals surface area contributed by atoms with Crippen LogP contribution < -0.4 is 10.1 Å². The van der Waals surface area contributed by atoms with Gasteiger partial charge in [-0.1, -0.05) is 46.9 Å². The number of carbonyl (C=O) groups is 1. The van der Waals surface area contributed by atoms with Crippen LogP contribution in [0.2, 0.25) is 15.1 Å². The Morgan fingerprint density at radius 2 is 1.62 bits per heavy atom. The second-order valence-corrected chi connectivity index (χ2v) is 6.10. The van der Waals surface area contributed by atoms with Gasteiger partial charge >= 0.3 is 0 Å². The Labute approximate surface area is 155 Å². The quantitative estimate of drug-likeness (QED) is 0.690. The molecule has 0 atom stereocenters. The number of ether oxygens (including phenoxy) is 2. The molecule has 0 aliphatic heterocycles. The van der Waals surface area contributed by atoms with Crippen LogP contribution in [0.5, 0.6) is 5.75 Å². The van der Waals surface area contributed by atoms with E-state index in [-0.39, 0.29) is 12.3 Å².